The van der Waals surface area contributed by atoms with Gasteiger partial charge in [-0.2, -0.15) is 0 Å². The molecule has 0 atom stereocenters. The normalized spacial score (nSPS) is 19.5. The first-order valence-electron chi connectivity index (χ1n) is 9.10. The van der Waals surface area contributed by atoms with Crippen LogP contribution in [0.4, 0.5) is 10.5 Å². The van der Waals surface area contributed by atoms with Crippen molar-refractivity contribution in [2.45, 2.75) is 51.6 Å². The van der Waals surface area contributed by atoms with E-state index >= 15 is 0 Å². The number of nitrogens with one attached hydrogen (secondary N) is 1. The van der Waals surface area contributed by atoms with Crippen LogP contribution in [0.2, 0.25) is 0 Å². The van der Waals surface area contributed by atoms with E-state index in [1.54, 1.807) is 0 Å². The summed E-state index contributed by atoms with van der Waals surface area (Å²) in [7, 11) is 0. The van der Waals surface area contributed by atoms with Crippen LogP contribution >= 0.6 is 0 Å². The molecular formula is C19H28N2O3. The minimum absolute atomic E-state index is 0.0625. The Kier molecular flexibility index (Phi) is 5.61. The summed E-state index contributed by atoms with van der Waals surface area (Å²) in [5, 5.41) is 12.2. The average molecular weight is 332 g/mol. The average Bonchev–Trinajstić information content (AvgIpc) is 3.11. The highest BCUT2D eigenvalue weighted by molar-refractivity contribution is 5.90. The summed E-state index contributed by atoms with van der Waals surface area (Å²) in [6.45, 7) is 3.62. The van der Waals surface area contributed by atoms with Gasteiger partial charge in [0.25, 0.3) is 0 Å². The fourth-order valence-electron chi connectivity index (χ4n) is 3.58. The first-order valence-corrected chi connectivity index (χ1v) is 9.10. The zero-order chi connectivity index (χ0) is 16.9. The molecule has 1 aliphatic carbocycles. The summed E-state index contributed by atoms with van der Waals surface area (Å²) < 4.78 is 6.11. The Morgan fingerprint density at radius 2 is 1.96 bits per heavy atom. The van der Waals surface area contributed by atoms with E-state index in [9.17, 15) is 9.90 Å². The number of aliphatic hydroxyl groups excluding tert-OH is 1. The van der Waals surface area contributed by atoms with E-state index in [-0.39, 0.29) is 12.6 Å². The number of urea groups is 1. The number of likely N-dealkylation sites (tertiary alicyclic amines) is 1. The second-order valence-corrected chi connectivity index (χ2v) is 7.00. The standard InChI is InChI=1S/C19H28N2O3/c1-14-17(7-4-8-18(14)24-16-5-2-3-6-16)20-19(23)21-11-9-15(13-22)10-12-21/h4,7-8,15-16,22H,2-3,5-6,9-13H2,1H3,(H,20,23). The molecule has 5 heteroatoms. The fourth-order valence-corrected chi connectivity index (χ4v) is 3.58. The Hall–Kier alpha value is -1.75. The number of piperidine rings is 1. The SMILES string of the molecule is Cc1c(NC(=O)N2CCC(CO)CC2)cccc1OC1CCCC1. The lowest BCUT2D eigenvalue weighted by Gasteiger charge is -2.31. The van der Waals surface area contributed by atoms with E-state index in [1.807, 2.05) is 30.0 Å². The first-order chi connectivity index (χ1) is 11.7. The minimum Gasteiger partial charge on any atom is -0.490 e. The molecule has 2 aliphatic rings. The van der Waals surface area contributed by atoms with Gasteiger partial charge < -0.3 is 20.1 Å². The number of hydrogen-bond donors (Lipinski definition) is 2. The highest BCUT2D eigenvalue weighted by Crippen LogP contribution is 2.30. The molecule has 0 unspecified atom stereocenters. The summed E-state index contributed by atoms with van der Waals surface area (Å²) in [6.07, 6.45) is 6.77. The van der Waals surface area contributed by atoms with Crippen LogP contribution in [0.1, 0.15) is 44.1 Å². The molecule has 132 valence electrons. The van der Waals surface area contributed by atoms with Crippen molar-refractivity contribution < 1.29 is 14.6 Å². The molecule has 1 saturated carbocycles. The monoisotopic (exact) mass is 332 g/mol. The molecule has 1 aromatic carbocycles. The van der Waals surface area contributed by atoms with Gasteiger partial charge in [-0.3, -0.25) is 0 Å². The second-order valence-electron chi connectivity index (χ2n) is 7.00. The number of ether oxygens (including phenoxy) is 1. The molecule has 24 heavy (non-hydrogen) atoms. The van der Waals surface area contributed by atoms with Crippen molar-refractivity contribution in [1.82, 2.24) is 4.90 Å². The Morgan fingerprint density at radius 3 is 2.62 bits per heavy atom. The van der Waals surface area contributed by atoms with Gasteiger partial charge in [0.15, 0.2) is 0 Å². The fraction of sp³-hybridized carbons (Fsp3) is 0.632. The van der Waals surface area contributed by atoms with Crippen LogP contribution in [0.3, 0.4) is 0 Å². The molecular weight excluding hydrogens is 304 g/mol. The molecule has 0 spiro atoms. The van der Waals surface area contributed by atoms with Gasteiger partial charge in [-0.15, -0.1) is 0 Å². The van der Waals surface area contributed by atoms with E-state index in [2.05, 4.69) is 5.32 Å². The Bertz CT molecular complexity index is 562. The molecule has 2 fully saturated rings. The van der Waals surface area contributed by atoms with Crippen LogP contribution in [-0.2, 0) is 0 Å². The highest BCUT2D eigenvalue weighted by atomic mass is 16.5. The maximum absolute atomic E-state index is 12.5. The molecule has 0 bridgehead atoms. The Labute approximate surface area is 144 Å². The maximum atomic E-state index is 12.5. The van der Waals surface area contributed by atoms with Crippen LogP contribution in [-0.4, -0.2) is 41.8 Å². The molecule has 1 heterocycles. The van der Waals surface area contributed by atoms with Crippen molar-refractivity contribution in [2.24, 2.45) is 5.92 Å². The molecule has 1 aromatic rings. The minimum atomic E-state index is -0.0625. The van der Waals surface area contributed by atoms with Crippen LogP contribution < -0.4 is 10.1 Å². The number of benzene rings is 1. The number of nitrogens with zero attached hydrogens (tertiary/aromatic N) is 1. The van der Waals surface area contributed by atoms with Gasteiger partial charge in [-0.1, -0.05) is 6.07 Å². The maximum Gasteiger partial charge on any atom is 0.321 e. The highest BCUT2D eigenvalue weighted by Gasteiger charge is 2.23. The van der Waals surface area contributed by atoms with Crippen LogP contribution in [0.25, 0.3) is 0 Å². The van der Waals surface area contributed by atoms with Crippen LogP contribution in [0, 0.1) is 12.8 Å². The molecule has 2 N–H and O–H groups in total. The summed E-state index contributed by atoms with van der Waals surface area (Å²) in [5.41, 5.74) is 1.81. The molecule has 0 aromatic heterocycles. The molecule has 1 saturated heterocycles. The van der Waals surface area contributed by atoms with E-state index in [4.69, 9.17) is 4.74 Å². The largest absolute Gasteiger partial charge is 0.490 e. The van der Waals surface area contributed by atoms with Crippen molar-refractivity contribution in [3.8, 4) is 5.75 Å². The van der Waals surface area contributed by atoms with Gasteiger partial charge in [-0.25, -0.2) is 4.79 Å². The number of hydrogen-bond acceptors (Lipinski definition) is 3. The number of aliphatic hydroxyl groups is 1. The summed E-state index contributed by atoms with van der Waals surface area (Å²) >= 11 is 0. The molecule has 3 rings (SSSR count). The third-order valence-electron chi connectivity index (χ3n) is 5.28. The number of anilines is 1. The van der Waals surface area contributed by atoms with Gasteiger partial charge in [-0.05, 0) is 63.5 Å². The van der Waals surface area contributed by atoms with Crippen LogP contribution in [0.15, 0.2) is 18.2 Å². The molecule has 0 radical (unpaired) electrons. The van der Waals surface area contributed by atoms with Gasteiger partial charge in [0.2, 0.25) is 0 Å². The van der Waals surface area contributed by atoms with E-state index in [0.29, 0.717) is 25.1 Å². The zero-order valence-electron chi connectivity index (χ0n) is 14.5. The lowest BCUT2D eigenvalue weighted by atomic mass is 9.98. The quantitative estimate of drug-likeness (QED) is 0.886. The molecule has 2 amide bonds. The van der Waals surface area contributed by atoms with Crippen molar-refractivity contribution in [3.63, 3.8) is 0 Å². The third kappa shape index (κ3) is 4.01. The number of amides is 2. The van der Waals surface area contributed by atoms with E-state index in [0.717, 1.165) is 42.7 Å². The Morgan fingerprint density at radius 1 is 1.25 bits per heavy atom. The number of carbonyl (C=O) groups is 1. The van der Waals surface area contributed by atoms with E-state index in [1.165, 1.54) is 12.8 Å². The third-order valence-corrected chi connectivity index (χ3v) is 5.28. The van der Waals surface area contributed by atoms with E-state index < -0.39 is 0 Å². The Balaban J connectivity index is 1.61. The van der Waals surface area contributed by atoms with Crippen molar-refractivity contribution in [2.75, 3.05) is 25.0 Å². The lowest BCUT2D eigenvalue weighted by molar-refractivity contribution is 0.143. The predicted molar refractivity (Wildman–Crippen MR) is 94.5 cm³/mol. The van der Waals surface area contributed by atoms with Crippen LogP contribution in [0.5, 0.6) is 5.75 Å². The number of rotatable bonds is 4. The molecule has 1 aliphatic heterocycles. The van der Waals surface area contributed by atoms with Crippen molar-refractivity contribution in [3.05, 3.63) is 23.8 Å². The second kappa shape index (κ2) is 7.88. The predicted octanol–water partition coefficient (Wildman–Crippen LogP) is 3.55. The van der Waals surface area contributed by atoms with Gasteiger partial charge >= 0.3 is 6.03 Å². The van der Waals surface area contributed by atoms with Gasteiger partial charge in [0, 0.05) is 30.9 Å². The summed E-state index contributed by atoms with van der Waals surface area (Å²) in [4.78, 5) is 14.3. The zero-order valence-corrected chi connectivity index (χ0v) is 14.5. The topological polar surface area (TPSA) is 61.8 Å². The van der Waals surface area contributed by atoms with Crippen molar-refractivity contribution in [1.29, 1.82) is 0 Å². The lowest BCUT2D eigenvalue weighted by Crippen LogP contribution is -2.41. The smallest absolute Gasteiger partial charge is 0.321 e. The van der Waals surface area contributed by atoms with Gasteiger partial charge in [0.1, 0.15) is 5.75 Å². The number of carbonyl (C=O) groups excluding carboxylic acids is 1. The summed E-state index contributed by atoms with van der Waals surface area (Å²) in [5.74, 6) is 1.21. The molecule has 5 nitrogen and oxygen atoms in total. The van der Waals surface area contributed by atoms with Gasteiger partial charge in [0.05, 0.1) is 6.10 Å². The summed E-state index contributed by atoms with van der Waals surface area (Å²) in [6, 6.07) is 5.78. The van der Waals surface area contributed by atoms with Crippen molar-refractivity contribution >= 4 is 11.7 Å². The first kappa shape index (κ1) is 17.1.